The van der Waals surface area contributed by atoms with E-state index < -0.39 is 0 Å². The van der Waals surface area contributed by atoms with E-state index in [1.165, 1.54) is 44.1 Å². The van der Waals surface area contributed by atoms with Gasteiger partial charge in [0.1, 0.15) is 5.82 Å². The van der Waals surface area contributed by atoms with Gasteiger partial charge < -0.3 is 5.32 Å². The first-order valence-corrected chi connectivity index (χ1v) is 7.23. The first-order chi connectivity index (χ1) is 8.72. The first kappa shape index (κ1) is 13.5. The highest BCUT2D eigenvalue weighted by atomic mass is 14.9. The van der Waals surface area contributed by atoms with E-state index in [2.05, 4.69) is 24.1 Å². The predicted octanol–water partition coefficient (Wildman–Crippen LogP) is 3.50. The van der Waals surface area contributed by atoms with E-state index in [-0.39, 0.29) is 0 Å². The van der Waals surface area contributed by atoms with Crippen LogP contribution in [0.15, 0.2) is 6.20 Å². The lowest BCUT2D eigenvalue weighted by atomic mass is 9.99. The number of hydrogen-bond donors (Lipinski definition) is 1. The van der Waals surface area contributed by atoms with Gasteiger partial charge in [-0.15, -0.1) is 0 Å². The number of nitrogens with zero attached hydrogens (tertiary/aromatic N) is 2. The minimum Gasteiger partial charge on any atom is -0.313 e. The molecule has 1 saturated carbocycles. The molecule has 0 spiro atoms. The van der Waals surface area contributed by atoms with Gasteiger partial charge in [-0.25, -0.2) is 9.97 Å². The molecule has 0 aliphatic heterocycles. The zero-order valence-corrected chi connectivity index (χ0v) is 11.9. The number of hydrogen-bond acceptors (Lipinski definition) is 3. The highest BCUT2D eigenvalue weighted by molar-refractivity contribution is 5.20. The average molecular weight is 247 g/mol. The minimum atomic E-state index is 0.327. The molecule has 1 heterocycles. The second-order valence-electron chi connectivity index (χ2n) is 5.47. The molecule has 2 rings (SSSR count). The van der Waals surface area contributed by atoms with Gasteiger partial charge in [0.15, 0.2) is 0 Å². The fraction of sp³-hybridized carbons (Fsp3) is 0.733. The molecule has 0 radical (unpaired) electrons. The summed E-state index contributed by atoms with van der Waals surface area (Å²) in [5.74, 6) is 1.66. The molecule has 1 aromatic rings. The zero-order valence-electron chi connectivity index (χ0n) is 11.9. The Morgan fingerprint density at radius 1 is 1.22 bits per heavy atom. The van der Waals surface area contributed by atoms with E-state index in [0.29, 0.717) is 12.0 Å². The van der Waals surface area contributed by atoms with Crippen LogP contribution in [0, 0.1) is 6.92 Å². The maximum Gasteiger partial charge on any atom is 0.131 e. The molecule has 0 aromatic carbocycles. The topological polar surface area (TPSA) is 37.8 Å². The predicted molar refractivity (Wildman–Crippen MR) is 74.7 cm³/mol. The van der Waals surface area contributed by atoms with Crippen LogP contribution in [0.3, 0.4) is 0 Å². The van der Waals surface area contributed by atoms with Crippen LogP contribution in [0.4, 0.5) is 0 Å². The smallest absolute Gasteiger partial charge is 0.131 e. The highest BCUT2D eigenvalue weighted by Crippen LogP contribution is 2.30. The molecular formula is C15H25N3. The summed E-state index contributed by atoms with van der Waals surface area (Å²) >= 11 is 0. The maximum absolute atomic E-state index is 4.76. The molecule has 0 amide bonds. The van der Waals surface area contributed by atoms with E-state index in [0.717, 1.165) is 11.5 Å². The third-order valence-electron chi connectivity index (χ3n) is 4.16. The molecule has 1 aromatic heterocycles. The second-order valence-corrected chi connectivity index (χ2v) is 5.47. The second kappa shape index (κ2) is 6.28. The zero-order chi connectivity index (χ0) is 13.0. The largest absolute Gasteiger partial charge is 0.313 e. The van der Waals surface area contributed by atoms with Crippen molar-refractivity contribution in [1.29, 1.82) is 0 Å². The Labute approximate surface area is 110 Å². The summed E-state index contributed by atoms with van der Waals surface area (Å²) in [4.78, 5) is 9.38. The van der Waals surface area contributed by atoms with Crippen LogP contribution >= 0.6 is 0 Å². The van der Waals surface area contributed by atoms with Gasteiger partial charge in [-0.1, -0.05) is 25.7 Å². The van der Waals surface area contributed by atoms with Crippen molar-refractivity contribution in [3.8, 4) is 0 Å². The number of rotatable bonds is 3. The molecule has 1 atom stereocenters. The third-order valence-corrected chi connectivity index (χ3v) is 4.16. The summed E-state index contributed by atoms with van der Waals surface area (Å²) in [7, 11) is 1.98. The van der Waals surface area contributed by atoms with Crippen molar-refractivity contribution in [3.63, 3.8) is 0 Å². The minimum absolute atomic E-state index is 0.327. The van der Waals surface area contributed by atoms with E-state index in [1.807, 2.05) is 13.2 Å². The fourth-order valence-electron chi connectivity index (χ4n) is 2.81. The average Bonchev–Trinajstić information content (AvgIpc) is 2.66. The third kappa shape index (κ3) is 3.08. The van der Waals surface area contributed by atoms with Crippen molar-refractivity contribution in [1.82, 2.24) is 15.3 Å². The fourth-order valence-corrected chi connectivity index (χ4v) is 2.81. The standard InChI is InChI=1S/C15H25N3/c1-11(16-3)14-10-17-15(18-12(14)2)13-8-6-4-5-7-9-13/h10-11,13,16H,4-9H2,1-3H3. The van der Waals surface area contributed by atoms with Crippen molar-refractivity contribution >= 4 is 0 Å². The van der Waals surface area contributed by atoms with E-state index in [9.17, 15) is 0 Å². The van der Waals surface area contributed by atoms with E-state index in [4.69, 9.17) is 4.98 Å². The molecule has 0 saturated heterocycles. The molecular weight excluding hydrogens is 222 g/mol. The van der Waals surface area contributed by atoms with Crippen molar-refractivity contribution in [2.75, 3.05) is 7.05 Å². The summed E-state index contributed by atoms with van der Waals surface area (Å²) in [5.41, 5.74) is 2.35. The van der Waals surface area contributed by atoms with Crippen molar-refractivity contribution in [3.05, 3.63) is 23.3 Å². The van der Waals surface area contributed by atoms with Crippen LogP contribution < -0.4 is 5.32 Å². The molecule has 18 heavy (non-hydrogen) atoms. The van der Waals surface area contributed by atoms with Gasteiger partial charge in [0.25, 0.3) is 0 Å². The molecule has 100 valence electrons. The summed E-state index contributed by atoms with van der Waals surface area (Å²) in [6.07, 6.45) is 9.97. The molecule has 1 aliphatic carbocycles. The molecule has 3 nitrogen and oxygen atoms in total. The summed E-state index contributed by atoms with van der Waals surface area (Å²) < 4.78 is 0. The lowest BCUT2D eigenvalue weighted by Gasteiger charge is -2.17. The van der Waals surface area contributed by atoms with Crippen molar-refractivity contribution < 1.29 is 0 Å². The SMILES string of the molecule is CNC(C)c1cnc(C2CCCCCC2)nc1C. The van der Waals surface area contributed by atoms with Crippen LogP contribution in [-0.4, -0.2) is 17.0 Å². The van der Waals surface area contributed by atoms with Gasteiger partial charge >= 0.3 is 0 Å². The number of aryl methyl sites for hydroxylation is 1. The molecule has 3 heteroatoms. The Balaban J connectivity index is 2.16. The van der Waals surface area contributed by atoms with Crippen LogP contribution in [-0.2, 0) is 0 Å². The lowest BCUT2D eigenvalue weighted by Crippen LogP contribution is -2.16. The van der Waals surface area contributed by atoms with Gasteiger partial charge in [0, 0.05) is 29.4 Å². The van der Waals surface area contributed by atoms with Gasteiger partial charge in [-0.2, -0.15) is 0 Å². The number of aromatic nitrogens is 2. The van der Waals surface area contributed by atoms with Crippen LogP contribution in [0.1, 0.15) is 74.5 Å². The van der Waals surface area contributed by atoms with Crippen LogP contribution in [0.2, 0.25) is 0 Å². The first-order valence-electron chi connectivity index (χ1n) is 7.23. The molecule has 0 bridgehead atoms. The van der Waals surface area contributed by atoms with E-state index in [1.54, 1.807) is 0 Å². The Morgan fingerprint density at radius 3 is 2.44 bits per heavy atom. The summed E-state index contributed by atoms with van der Waals surface area (Å²) in [6, 6.07) is 0.327. The van der Waals surface area contributed by atoms with Gasteiger partial charge in [0.05, 0.1) is 0 Å². The Kier molecular flexibility index (Phi) is 4.70. The van der Waals surface area contributed by atoms with E-state index >= 15 is 0 Å². The molecule has 1 fully saturated rings. The van der Waals surface area contributed by atoms with Crippen molar-refractivity contribution in [2.24, 2.45) is 0 Å². The Hall–Kier alpha value is -0.960. The van der Waals surface area contributed by atoms with Crippen LogP contribution in [0.25, 0.3) is 0 Å². The van der Waals surface area contributed by atoms with Gasteiger partial charge in [0.2, 0.25) is 0 Å². The Morgan fingerprint density at radius 2 is 1.89 bits per heavy atom. The molecule has 1 unspecified atom stereocenters. The van der Waals surface area contributed by atoms with Crippen LogP contribution in [0.5, 0.6) is 0 Å². The van der Waals surface area contributed by atoms with Gasteiger partial charge in [-0.05, 0) is 33.7 Å². The monoisotopic (exact) mass is 247 g/mol. The maximum atomic E-state index is 4.76. The summed E-state index contributed by atoms with van der Waals surface area (Å²) in [6.45, 7) is 4.25. The molecule has 1 N–H and O–H groups in total. The quantitative estimate of drug-likeness (QED) is 0.831. The van der Waals surface area contributed by atoms with Gasteiger partial charge in [-0.3, -0.25) is 0 Å². The summed E-state index contributed by atoms with van der Waals surface area (Å²) in [5, 5.41) is 3.25. The molecule has 1 aliphatic rings. The lowest BCUT2D eigenvalue weighted by molar-refractivity contribution is 0.553. The highest BCUT2D eigenvalue weighted by Gasteiger charge is 2.18. The Bertz CT molecular complexity index is 381. The normalized spacial score (nSPS) is 19.5. The van der Waals surface area contributed by atoms with Crippen molar-refractivity contribution in [2.45, 2.75) is 64.3 Å². The number of nitrogens with one attached hydrogen (secondary N) is 1.